The first-order valence-corrected chi connectivity index (χ1v) is 9.56. The van der Waals surface area contributed by atoms with E-state index in [2.05, 4.69) is 0 Å². The number of rotatable bonds is 7. The molecule has 0 aromatic heterocycles. The van der Waals surface area contributed by atoms with Crippen LogP contribution in [0.15, 0.2) is 42.2 Å². The monoisotopic (exact) mass is 402 g/mol. The largest absolute Gasteiger partial charge is 0.454 e. The maximum atomic E-state index is 12.4. The summed E-state index contributed by atoms with van der Waals surface area (Å²) in [5.41, 5.74) is 1.54. The second-order valence-electron chi connectivity index (χ2n) is 6.90. The zero-order valence-electron chi connectivity index (χ0n) is 16.9. The van der Waals surface area contributed by atoms with Gasteiger partial charge in [0.25, 0.3) is 0 Å². The van der Waals surface area contributed by atoms with Crippen LogP contribution >= 0.6 is 0 Å². The fraction of sp³-hybridized carbons (Fsp3) is 0.429. The van der Waals surface area contributed by atoms with E-state index in [-0.39, 0.29) is 12.8 Å². The number of esters is 1. The van der Waals surface area contributed by atoms with Gasteiger partial charge in [-0.2, -0.15) is 0 Å². The van der Waals surface area contributed by atoms with Crippen LogP contribution in [0.2, 0.25) is 0 Å². The molecule has 3 rings (SSSR count). The molecule has 8 nitrogen and oxygen atoms in total. The van der Waals surface area contributed by atoms with Crippen molar-refractivity contribution in [3.8, 4) is 11.5 Å². The molecule has 0 saturated carbocycles. The summed E-state index contributed by atoms with van der Waals surface area (Å²) in [4.78, 5) is 27.8. The van der Waals surface area contributed by atoms with Crippen LogP contribution in [0, 0.1) is 0 Å². The average Bonchev–Trinajstić information content (AvgIpc) is 3.16. The fourth-order valence-electron chi connectivity index (χ4n) is 3.27. The van der Waals surface area contributed by atoms with Crippen LogP contribution in [0.25, 0.3) is 0 Å². The molecule has 0 saturated heterocycles. The molecule has 0 bridgehead atoms. The Kier molecular flexibility index (Phi) is 6.64. The molecule has 2 heterocycles. The summed E-state index contributed by atoms with van der Waals surface area (Å²) in [7, 11) is 1.82. The molecular formula is C21H26N2O6. The molecule has 8 heteroatoms. The van der Waals surface area contributed by atoms with E-state index in [1.807, 2.05) is 51.4 Å². The summed E-state index contributed by atoms with van der Waals surface area (Å²) in [5.74, 6) is 0.944. The lowest BCUT2D eigenvalue weighted by molar-refractivity contribution is -0.147. The molecule has 156 valence electrons. The van der Waals surface area contributed by atoms with Gasteiger partial charge in [-0.3, -0.25) is 0 Å². The highest BCUT2D eigenvalue weighted by atomic mass is 16.7. The zero-order chi connectivity index (χ0) is 20.8. The number of hydrogen-bond donors (Lipinski definition) is 0. The Hall–Kier alpha value is -3.16. The lowest BCUT2D eigenvalue weighted by Gasteiger charge is -2.27. The minimum absolute atomic E-state index is 0.108. The second-order valence-corrected chi connectivity index (χ2v) is 6.90. The molecule has 2 aliphatic heterocycles. The summed E-state index contributed by atoms with van der Waals surface area (Å²) >= 11 is 0. The van der Waals surface area contributed by atoms with Gasteiger partial charge in [0.1, 0.15) is 0 Å². The third-order valence-corrected chi connectivity index (χ3v) is 4.75. The lowest BCUT2D eigenvalue weighted by Crippen LogP contribution is -2.40. The van der Waals surface area contributed by atoms with Crippen LogP contribution in [-0.4, -0.2) is 55.1 Å². The molecular weight excluding hydrogens is 376 g/mol. The number of carbonyl (C=O) groups excluding carboxylic acids is 2. The van der Waals surface area contributed by atoms with Crippen LogP contribution < -0.4 is 9.47 Å². The molecule has 0 radical (unpaired) electrons. The van der Waals surface area contributed by atoms with E-state index >= 15 is 0 Å². The van der Waals surface area contributed by atoms with Crippen molar-refractivity contribution in [2.75, 3.05) is 27.2 Å². The van der Waals surface area contributed by atoms with E-state index in [0.29, 0.717) is 30.7 Å². The van der Waals surface area contributed by atoms with Crippen molar-refractivity contribution in [3.05, 3.63) is 47.8 Å². The second kappa shape index (κ2) is 9.36. The lowest BCUT2D eigenvalue weighted by atomic mass is 10.1. The number of fused-ring (bicyclic) bond motifs is 1. The molecule has 29 heavy (non-hydrogen) atoms. The molecule has 2 aliphatic rings. The third-order valence-electron chi connectivity index (χ3n) is 4.75. The summed E-state index contributed by atoms with van der Waals surface area (Å²) in [6, 6.07) is 5.63. The van der Waals surface area contributed by atoms with E-state index < -0.39 is 18.9 Å². The standard InChI is InChI=1S/C21H26N2O6/c1-4-23(15(2)10-16-7-8-18-19(11-16)27-13-26-18)21(25)29-14-28-20(24)17-6-5-9-22(3)12-17/h5,7-9,11-12,15H,4,6,10,13-14H2,1-3H3. The number of likely N-dealkylation sites (N-methyl/N-ethyl adjacent to an activating group) is 1. The summed E-state index contributed by atoms with van der Waals surface area (Å²) in [6.45, 7) is 4.09. The number of amides is 1. The first-order chi connectivity index (χ1) is 14.0. The van der Waals surface area contributed by atoms with Crippen molar-refractivity contribution >= 4 is 12.1 Å². The van der Waals surface area contributed by atoms with Gasteiger partial charge in [-0.05, 0) is 44.2 Å². The predicted molar refractivity (Wildman–Crippen MR) is 105 cm³/mol. The van der Waals surface area contributed by atoms with Gasteiger partial charge in [0, 0.05) is 32.3 Å². The van der Waals surface area contributed by atoms with E-state index in [0.717, 1.165) is 11.3 Å². The number of allylic oxidation sites excluding steroid dienone is 1. The van der Waals surface area contributed by atoms with E-state index in [9.17, 15) is 9.59 Å². The zero-order valence-corrected chi connectivity index (χ0v) is 16.9. The van der Waals surface area contributed by atoms with Crippen molar-refractivity contribution in [1.29, 1.82) is 0 Å². The molecule has 1 amide bonds. The predicted octanol–water partition coefficient (Wildman–Crippen LogP) is 3.04. The van der Waals surface area contributed by atoms with Crippen LogP contribution in [0.1, 0.15) is 25.8 Å². The van der Waals surface area contributed by atoms with Crippen molar-refractivity contribution < 1.29 is 28.5 Å². The normalized spacial score (nSPS) is 15.6. The van der Waals surface area contributed by atoms with Crippen molar-refractivity contribution in [2.45, 2.75) is 32.7 Å². The summed E-state index contributed by atoms with van der Waals surface area (Å²) in [6.07, 6.45) is 6.01. The highest BCUT2D eigenvalue weighted by Crippen LogP contribution is 2.33. The van der Waals surface area contributed by atoms with Crippen LogP contribution in [-0.2, 0) is 20.7 Å². The van der Waals surface area contributed by atoms with Gasteiger partial charge in [0.05, 0.1) is 5.57 Å². The van der Waals surface area contributed by atoms with Gasteiger partial charge in [0.2, 0.25) is 13.6 Å². The highest BCUT2D eigenvalue weighted by Gasteiger charge is 2.22. The first kappa shape index (κ1) is 20.6. The number of nitrogens with zero attached hydrogens (tertiary/aromatic N) is 2. The Morgan fingerprint density at radius 2 is 2.03 bits per heavy atom. The summed E-state index contributed by atoms with van der Waals surface area (Å²) < 4.78 is 21.0. The Bertz CT molecular complexity index is 819. The van der Waals surface area contributed by atoms with E-state index in [1.165, 1.54) is 0 Å². The molecule has 1 aromatic carbocycles. The SMILES string of the molecule is CCN(C(=O)OCOC(=O)C1=CN(C)C=CC1)C(C)Cc1ccc2c(c1)OCO2. The Morgan fingerprint density at radius 1 is 1.24 bits per heavy atom. The molecule has 1 unspecified atom stereocenters. The van der Waals surface area contributed by atoms with Gasteiger partial charge in [-0.15, -0.1) is 0 Å². The van der Waals surface area contributed by atoms with Crippen molar-refractivity contribution in [2.24, 2.45) is 0 Å². The molecule has 0 fully saturated rings. The van der Waals surface area contributed by atoms with Crippen molar-refractivity contribution in [3.63, 3.8) is 0 Å². The Morgan fingerprint density at radius 3 is 2.79 bits per heavy atom. The molecule has 0 aliphatic carbocycles. The van der Waals surface area contributed by atoms with Gasteiger partial charge in [-0.25, -0.2) is 9.59 Å². The average molecular weight is 402 g/mol. The van der Waals surface area contributed by atoms with Crippen molar-refractivity contribution in [1.82, 2.24) is 9.80 Å². The number of ether oxygens (including phenoxy) is 4. The van der Waals surface area contributed by atoms with E-state index in [4.69, 9.17) is 18.9 Å². The number of benzene rings is 1. The van der Waals surface area contributed by atoms with Gasteiger partial charge in [0.15, 0.2) is 11.5 Å². The quantitative estimate of drug-likeness (QED) is 0.512. The number of carbonyl (C=O) groups is 2. The Labute approximate surface area is 170 Å². The maximum Gasteiger partial charge on any atom is 0.412 e. The molecule has 1 atom stereocenters. The van der Waals surface area contributed by atoms with Crippen LogP contribution in [0.5, 0.6) is 11.5 Å². The van der Waals surface area contributed by atoms with Crippen LogP contribution in [0.4, 0.5) is 4.79 Å². The third kappa shape index (κ3) is 5.22. The smallest absolute Gasteiger partial charge is 0.412 e. The first-order valence-electron chi connectivity index (χ1n) is 9.56. The molecule has 1 aromatic rings. The maximum absolute atomic E-state index is 12.4. The summed E-state index contributed by atoms with van der Waals surface area (Å²) in [5, 5.41) is 0. The van der Waals surface area contributed by atoms with Crippen LogP contribution in [0.3, 0.4) is 0 Å². The molecule has 0 N–H and O–H groups in total. The molecule has 0 spiro atoms. The van der Waals surface area contributed by atoms with Gasteiger partial charge >= 0.3 is 12.1 Å². The minimum atomic E-state index is -0.525. The number of hydrogen-bond acceptors (Lipinski definition) is 7. The minimum Gasteiger partial charge on any atom is -0.454 e. The van der Waals surface area contributed by atoms with E-state index in [1.54, 1.807) is 16.0 Å². The topological polar surface area (TPSA) is 77.5 Å². The van der Waals surface area contributed by atoms with Gasteiger partial charge in [-0.1, -0.05) is 12.1 Å². The Balaban J connectivity index is 1.48. The fourth-order valence-corrected chi connectivity index (χ4v) is 3.27. The highest BCUT2D eigenvalue weighted by molar-refractivity contribution is 5.88. The van der Waals surface area contributed by atoms with Gasteiger partial charge < -0.3 is 28.7 Å².